The van der Waals surface area contributed by atoms with E-state index in [0.717, 1.165) is 38.6 Å². The SMILES string of the molecule is CCOCCC1(CNC(=NC)NC2CC3CCC2O3)CC1.I. The molecule has 0 spiro atoms. The lowest BCUT2D eigenvalue weighted by atomic mass is 9.96. The number of halogens is 1. The van der Waals surface area contributed by atoms with E-state index in [9.17, 15) is 0 Å². The Morgan fingerprint density at radius 3 is 2.73 bits per heavy atom. The minimum Gasteiger partial charge on any atom is -0.382 e. The van der Waals surface area contributed by atoms with E-state index in [1.165, 1.54) is 25.7 Å². The third kappa shape index (κ3) is 4.47. The quantitative estimate of drug-likeness (QED) is 0.286. The Hall–Kier alpha value is -0.0800. The van der Waals surface area contributed by atoms with Crippen molar-refractivity contribution in [2.45, 2.75) is 63.7 Å². The van der Waals surface area contributed by atoms with Gasteiger partial charge in [0.25, 0.3) is 0 Å². The highest BCUT2D eigenvalue weighted by atomic mass is 127. The van der Waals surface area contributed by atoms with E-state index in [1.807, 2.05) is 7.05 Å². The van der Waals surface area contributed by atoms with E-state index in [0.29, 0.717) is 23.7 Å². The molecular weight excluding hydrogens is 393 g/mol. The molecule has 3 unspecified atom stereocenters. The minimum absolute atomic E-state index is 0. The Morgan fingerprint density at radius 2 is 2.18 bits per heavy atom. The number of aliphatic imine (C=N–C) groups is 1. The average molecular weight is 423 g/mol. The molecular formula is C16H30IN3O2. The maximum Gasteiger partial charge on any atom is 0.191 e. The number of hydrogen-bond acceptors (Lipinski definition) is 3. The molecule has 0 amide bonds. The van der Waals surface area contributed by atoms with E-state index in [2.05, 4.69) is 22.5 Å². The first kappa shape index (κ1) is 18.3. The van der Waals surface area contributed by atoms with E-state index in [4.69, 9.17) is 9.47 Å². The normalized spacial score (nSPS) is 31.7. The number of ether oxygens (including phenoxy) is 2. The van der Waals surface area contributed by atoms with Gasteiger partial charge in [0.1, 0.15) is 0 Å². The van der Waals surface area contributed by atoms with Gasteiger partial charge in [0.2, 0.25) is 0 Å². The fraction of sp³-hybridized carbons (Fsp3) is 0.938. The molecule has 0 aromatic heterocycles. The zero-order valence-electron chi connectivity index (χ0n) is 13.8. The second kappa shape index (κ2) is 8.15. The molecule has 128 valence electrons. The molecule has 3 rings (SSSR count). The topological polar surface area (TPSA) is 54.9 Å². The first-order valence-electron chi connectivity index (χ1n) is 8.45. The molecule has 0 aromatic rings. The second-order valence-corrected chi connectivity index (χ2v) is 6.73. The molecule has 1 aliphatic carbocycles. The Bertz CT molecular complexity index is 388. The third-order valence-corrected chi connectivity index (χ3v) is 5.22. The monoisotopic (exact) mass is 423 g/mol. The van der Waals surface area contributed by atoms with Gasteiger partial charge < -0.3 is 20.1 Å². The van der Waals surface area contributed by atoms with Crippen molar-refractivity contribution < 1.29 is 9.47 Å². The minimum atomic E-state index is 0. The van der Waals surface area contributed by atoms with Gasteiger partial charge in [0, 0.05) is 26.8 Å². The zero-order chi connectivity index (χ0) is 14.7. The summed E-state index contributed by atoms with van der Waals surface area (Å²) >= 11 is 0. The van der Waals surface area contributed by atoms with Gasteiger partial charge >= 0.3 is 0 Å². The first-order valence-corrected chi connectivity index (χ1v) is 8.45. The Kier molecular flexibility index (Phi) is 6.76. The summed E-state index contributed by atoms with van der Waals surface area (Å²) in [5.74, 6) is 0.929. The molecule has 2 saturated heterocycles. The molecule has 6 heteroatoms. The Labute approximate surface area is 151 Å². The summed E-state index contributed by atoms with van der Waals surface area (Å²) in [6, 6.07) is 0.438. The summed E-state index contributed by atoms with van der Waals surface area (Å²) in [6.45, 7) is 4.75. The lowest BCUT2D eigenvalue weighted by molar-refractivity contribution is 0.0992. The van der Waals surface area contributed by atoms with Crippen LogP contribution in [0, 0.1) is 5.41 Å². The van der Waals surface area contributed by atoms with E-state index in [1.54, 1.807) is 0 Å². The maximum absolute atomic E-state index is 5.89. The molecule has 2 aliphatic heterocycles. The van der Waals surface area contributed by atoms with Crippen LogP contribution in [0.15, 0.2) is 4.99 Å². The summed E-state index contributed by atoms with van der Waals surface area (Å²) in [7, 11) is 1.85. The van der Waals surface area contributed by atoms with Crippen LogP contribution >= 0.6 is 24.0 Å². The average Bonchev–Trinajstić information content (AvgIpc) is 2.95. The standard InChI is InChI=1S/C16H29N3O2.HI/c1-3-20-9-8-16(6-7-16)11-18-15(17-2)19-13-10-12-4-5-14(13)21-12;/h12-14H,3-11H2,1-2H3,(H2,17,18,19);1H. The van der Waals surface area contributed by atoms with Crippen LogP contribution in [0.4, 0.5) is 0 Å². The van der Waals surface area contributed by atoms with Crippen molar-refractivity contribution >= 4 is 29.9 Å². The highest BCUT2D eigenvalue weighted by Crippen LogP contribution is 2.48. The van der Waals surface area contributed by atoms with E-state index >= 15 is 0 Å². The van der Waals surface area contributed by atoms with Crippen LogP contribution in [-0.4, -0.2) is 51.0 Å². The molecule has 5 nitrogen and oxygen atoms in total. The van der Waals surface area contributed by atoms with Crippen molar-refractivity contribution in [1.82, 2.24) is 10.6 Å². The molecule has 0 radical (unpaired) electrons. The van der Waals surface area contributed by atoms with Gasteiger partial charge in [-0.25, -0.2) is 0 Å². The predicted octanol–water partition coefficient (Wildman–Crippen LogP) is 2.30. The highest BCUT2D eigenvalue weighted by molar-refractivity contribution is 14.0. The van der Waals surface area contributed by atoms with E-state index in [-0.39, 0.29) is 24.0 Å². The molecule has 3 atom stereocenters. The number of nitrogens with one attached hydrogen (secondary N) is 2. The van der Waals surface area contributed by atoms with Gasteiger partial charge in [-0.2, -0.15) is 0 Å². The fourth-order valence-electron chi connectivity index (χ4n) is 3.56. The highest BCUT2D eigenvalue weighted by Gasteiger charge is 2.43. The third-order valence-electron chi connectivity index (χ3n) is 5.22. The smallest absolute Gasteiger partial charge is 0.191 e. The van der Waals surface area contributed by atoms with Gasteiger partial charge in [0.15, 0.2) is 5.96 Å². The maximum atomic E-state index is 5.89. The molecule has 2 bridgehead atoms. The number of rotatable bonds is 7. The second-order valence-electron chi connectivity index (χ2n) is 6.73. The summed E-state index contributed by atoms with van der Waals surface area (Å²) < 4.78 is 11.4. The van der Waals surface area contributed by atoms with E-state index < -0.39 is 0 Å². The molecule has 22 heavy (non-hydrogen) atoms. The van der Waals surface area contributed by atoms with Crippen molar-refractivity contribution in [3.63, 3.8) is 0 Å². The van der Waals surface area contributed by atoms with Crippen molar-refractivity contribution in [2.75, 3.05) is 26.8 Å². The predicted molar refractivity (Wildman–Crippen MR) is 99.0 cm³/mol. The lowest BCUT2D eigenvalue weighted by Crippen LogP contribution is -2.48. The zero-order valence-corrected chi connectivity index (χ0v) is 16.1. The number of hydrogen-bond donors (Lipinski definition) is 2. The van der Waals surface area contributed by atoms with Gasteiger partial charge in [0.05, 0.1) is 18.2 Å². The largest absolute Gasteiger partial charge is 0.382 e. The Balaban J connectivity index is 0.00000176. The summed E-state index contributed by atoms with van der Waals surface area (Å²) in [5, 5.41) is 7.06. The van der Waals surface area contributed by atoms with Crippen LogP contribution in [0.3, 0.4) is 0 Å². The van der Waals surface area contributed by atoms with Crippen molar-refractivity contribution in [2.24, 2.45) is 10.4 Å². The van der Waals surface area contributed by atoms with Gasteiger partial charge in [-0.05, 0) is 50.9 Å². The van der Waals surface area contributed by atoms with Crippen LogP contribution in [-0.2, 0) is 9.47 Å². The Morgan fingerprint density at radius 1 is 1.36 bits per heavy atom. The lowest BCUT2D eigenvalue weighted by Gasteiger charge is -2.24. The molecule has 1 saturated carbocycles. The molecule has 3 aliphatic rings. The molecule has 2 heterocycles. The first-order chi connectivity index (χ1) is 10.2. The van der Waals surface area contributed by atoms with Crippen molar-refractivity contribution in [1.29, 1.82) is 0 Å². The van der Waals surface area contributed by atoms with Crippen LogP contribution in [0.2, 0.25) is 0 Å². The fourth-order valence-corrected chi connectivity index (χ4v) is 3.56. The van der Waals surface area contributed by atoms with Crippen LogP contribution < -0.4 is 10.6 Å². The van der Waals surface area contributed by atoms with Crippen molar-refractivity contribution in [3.05, 3.63) is 0 Å². The summed E-state index contributed by atoms with van der Waals surface area (Å²) in [5.41, 5.74) is 0.442. The van der Waals surface area contributed by atoms with Gasteiger partial charge in [-0.1, -0.05) is 0 Å². The molecule has 2 N–H and O–H groups in total. The van der Waals surface area contributed by atoms with Crippen LogP contribution in [0.25, 0.3) is 0 Å². The summed E-state index contributed by atoms with van der Waals surface area (Å²) in [6.07, 6.45) is 8.19. The van der Waals surface area contributed by atoms with Crippen LogP contribution in [0.1, 0.15) is 45.4 Å². The molecule has 0 aromatic carbocycles. The van der Waals surface area contributed by atoms with Crippen LogP contribution in [0.5, 0.6) is 0 Å². The van der Waals surface area contributed by atoms with Crippen molar-refractivity contribution in [3.8, 4) is 0 Å². The summed E-state index contributed by atoms with van der Waals surface area (Å²) in [4.78, 5) is 4.37. The molecule has 3 fully saturated rings. The number of fused-ring (bicyclic) bond motifs is 2. The van der Waals surface area contributed by atoms with Gasteiger partial charge in [-0.3, -0.25) is 4.99 Å². The number of nitrogens with zero attached hydrogens (tertiary/aromatic N) is 1. The number of guanidine groups is 1. The van der Waals surface area contributed by atoms with Gasteiger partial charge in [-0.15, -0.1) is 24.0 Å².